The normalized spacial score (nSPS) is 24.3. The lowest BCUT2D eigenvalue weighted by Gasteiger charge is -2.47. The predicted octanol–water partition coefficient (Wildman–Crippen LogP) is 2.06. The summed E-state index contributed by atoms with van der Waals surface area (Å²) < 4.78 is 5.93. The second-order valence-corrected chi connectivity index (χ2v) is 5.97. The second kappa shape index (κ2) is 3.78. The van der Waals surface area contributed by atoms with Crippen molar-refractivity contribution in [2.75, 3.05) is 13.1 Å². The first-order chi connectivity index (χ1) is 6.63. The first-order valence-electron chi connectivity index (χ1n) is 5.62. The summed E-state index contributed by atoms with van der Waals surface area (Å²) in [5.41, 5.74) is -0.487. The molecule has 0 aliphatic carbocycles. The number of nitrogens with zero attached hydrogens (tertiary/aromatic N) is 1. The Morgan fingerprint density at radius 3 is 1.87 bits per heavy atom. The lowest BCUT2D eigenvalue weighted by molar-refractivity contribution is -0.189. The summed E-state index contributed by atoms with van der Waals surface area (Å²) in [7, 11) is 0. The van der Waals surface area contributed by atoms with Crippen LogP contribution < -0.4 is 0 Å². The number of carbonyl (C=O) groups is 1. The van der Waals surface area contributed by atoms with E-state index in [-0.39, 0.29) is 23.0 Å². The molecule has 15 heavy (non-hydrogen) atoms. The van der Waals surface area contributed by atoms with Gasteiger partial charge in [0.25, 0.3) is 0 Å². The van der Waals surface area contributed by atoms with Gasteiger partial charge in [-0.2, -0.15) is 0 Å². The molecule has 0 saturated carbocycles. The van der Waals surface area contributed by atoms with E-state index >= 15 is 0 Å². The second-order valence-electron chi connectivity index (χ2n) is 5.97. The van der Waals surface area contributed by atoms with Crippen molar-refractivity contribution in [3.8, 4) is 0 Å². The van der Waals surface area contributed by atoms with Crippen molar-refractivity contribution in [3.05, 3.63) is 0 Å². The molecular weight excluding hydrogens is 190 g/mol. The molecular formula is C12H23NO2. The quantitative estimate of drug-likeness (QED) is 0.667. The predicted molar refractivity (Wildman–Crippen MR) is 60.7 cm³/mol. The van der Waals surface area contributed by atoms with E-state index in [1.807, 2.05) is 46.4 Å². The van der Waals surface area contributed by atoms with Crippen LogP contribution in [0.2, 0.25) is 0 Å². The summed E-state index contributed by atoms with van der Waals surface area (Å²) in [5.74, 6) is 0.286. The third-order valence-electron chi connectivity index (χ3n) is 2.50. The lowest BCUT2D eigenvalue weighted by Crippen LogP contribution is -2.59. The molecule has 0 unspecified atom stereocenters. The van der Waals surface area contributed by atoms with Crippen molar-refractivity contribution in [1.82, 2.24) is 4.90 Å². The molecule has 0 aromatic heterocycles. The zero-order valence-corrected chi connectivity index (χ0v) is 10.8. The van der Waals surface area contributed by atoms with Gasteiger partial charge in [-0.15, -0.1) is 0 Å². The van der Waals surface area contributed by atoms with Gasteiger partial charge in [-0.05, 0) is 27.7 Å². The molecule has 0 aromatic carbocycles. The Bertz CT molecular complexity index is 240. The van der Waals surface area contributed by atoms with Gasteiger partial charge in [-0.3, -0.25) is 4.79 Å². The number of hydrogen-bond acceptors (Lipinski definition) is 2. The summed E-state index contributed by atoms with van der Waals surface area (Å²) >= 11 is 0. The van der Waals surface area contributed by atoms with Crippen LogP contribution in [-0.4, -0.2) is 35.1 Å². The zero-order chi connectivity index (χ0) is 11.9. The van der Waals surface area contributed by atoms with Crippen LogP contribution in [0.4, 0.5) is 0 Å². The highest BCUT2D eigenvalue weighted by atomic mass is 16.5. The molecule has 0 spiro atoms. The van der Waals surface area contributed by atoms with Gasteiger partial charge >= 0.3 is 0 Å². The summed E-state index contributed by atoms with van der Waals surface area (Å²) in [6.45, 7) is 13.4. The third kappa shape index (κ3) is 3.20. The molecule has 0 N–H and O–H groups in total. The van der Waals surface area contributed by atoms with E-state index in [2.05, 4.69) is 0 Å². The number of amides is 1. The summed E-state index contributed by atoms with van der Waals surface area (Å²) in [6, 6.07) is 0. The average Bonchev–Trinajstić information content (AvgIpc) is 1.96. The van der Waals surface area contributed by atoms with Gasteiger partial charge in [-0.1, -0.05) is 13.8 Å². The number of hydrogen-bond donors (Lipinski definition) is 0. The molecule has 3 heteroatoms. The van der Waals surface area contributed by atoms with Crippen molar-refractivity contribution in [2.24, 2.45) is 5.92 Å². The van der Waals surface area contributed by atoms with E-state index < -0.39 is 0 Å². The third-order valence-corrected chi connectivity index (χ3v) is 2.50. The van der Waals surface area contributed by atoms with Crippen molar-refractivity contribution in [2.45, 2.75) is 52.7 Å². The highest BCUT2D eigenvalue weighted by molar-refractivity contribution is 5.78. The van der Waals surface area contributed by atoms with Crippen LogP contribution >= 0.6 is 0 Å². The van der Waals surface area contributed by atoms with Crippen LogP contribution in [0.1, 0.15) is 41.5 Å². The summed E-state index contributed by atoms with van der Waals surface area (Å²) in [6.07, 6.45) is 0. The molecule has 1 rings (SSSR count). The highest BCUT2D eigenvalue weighted by Crippen LogP contribution is 2.28. The van der Waals surface area contributed by atoms with Crippen molar-refractivity contribution < 1.29 is 9.53 Å². The molecule has 88 valence electrons. The minimum atomic E-state index is -0.244. The SMILES string of the molecule is CC(C)C(=O)N1CC(C)(C)OC(C)(C)C1. The monoisotopic (exact) mass is 213 g/mol. The van der Waals surface area contributed by atoms with E-state index in [1.165, 1.54) is 0 Å². The van der Waals surface area contributed by atoms with Crippen LogP contribution in [0.25, 0.3) is 0 Å². The fraction of sp³-hybridized carbons (Fsp3) is 0.917. The Kier molecular flexibility index (Phi) is 3.15. The van der Waals surface area contributed by atoms with Crippen LogP contribution in [0.15, 0.2) is 0 Å². The van der Waals surface area contributed by atoms with Crippen molar-refractivity contribution in [3.63, 3.8) is 0 Å². The van der Waals surface area contributed by atoms with Gasteiger partial charge in [-0.25, -0.2) is 0 Å². The molecule has 0 radical (unpaired) electrons. The van der Waals surface area contributed by atoms with Gasteiger partial charge in [0.05, 0.1) is 11.2 Å². The molecule has 0 atom stereocenters. The minimum Gasteiger partial charge on any atom is -0.366 e. The molecule has 1 heterocycles. The van der Waals surface area contributed by atoms with E-state index in [0.717, 1.165) is 0 Å². The van der Waals surface area contributed by atoms with Gasteiger partial charge in [0, 0.05) is 19.0 Å². The van der Waals surface area contributed by atoms with E-state index in [9.17, 15) is 4.79 Å². The van der Waals surface area contributed by atoms with Gasteiger partial charge in [0.2, 0.25) is 5.91 Å². The number of ether oxygens (including phenoxy) is 1. The molecule has 3 nitrogen and oxygen atoms in total. The number of carbonyl (C=O) groups excluding carboxylic acids is 1. The maximum Gasteiger partial charge on any atom is 0.225 e. The fourth-order valence-corrected chi connectivity index (χ4v) is 2.31. The minimum absolute atomic E-state index is 0.0645. The Morgan fingerprint density at radius 1 is 1.13 bits per heavy atom. The van der Waals surface area contributed by atoms with Crippen molar-refractivity contribution >= 4 is 5.91 Å². The maximum absolute atomic E-state index is 11.9. The average molecular weight is 213 g/mol. The maximum atomic E-state index is 11.9. The standard InChI is InChI=1S/C12H23NO2/c1-9(2)10(14)13-7-11(3,4)15-12(5,6)8-13/h9H,7-8H2,1-6H3. The summed E-state index contributed by atoms with van der Waals surface area (Å²) in [5, 5.41) is 0. The zero-order valence-electron chi connectivity index (χ0n) is 10.8. The van der Waals surface area contributed by atoms with E-state index in [1.54, 1.807) is 0 Å². The molecule has 1 amide bonds. The van der Waals surface area contributed by atoms with Gasteiger partial charge in [0.15, 0.2) is 0 Å². The van der Waals surface area contributed by atoms with Gasteiger partial charge < -0.3 is 9.64 Å². The van der Waals surface area contributed by atoms with Crippen LogP contribution in [0.3, 0.4) is 0 Å². The van der Waals surface area contributed by atoms with Crippen LogP contribution in [0, 0.1) is 5.92 Å². The molecule has 1 fully saturated rings. The van der Waals surface area contributed by atoms with E-state index in [0.29, 0.717) is 13.1 Å². The van der Waals surface area contributed by atoms with Gasteiger partial charge in [0.1, 0.15) is 0 Å². The topological polar surface area (TPSA) is 29.5 Å². The Morgan fingerprint density at radius 2 is 1.53 bits per heavy atom. The molecule has 0 bridgehead atoms. The Hall–Kier alpha value is -0.570. The molecule has 1 aliphatic rings. The number of rotatable bonds is 1. The molecule has 1 saturated heterocycles. The van der Waals surface area contributed by atoms with Crippen LogP contribution in [-0.2, 0) is 9.53 Å². The number of morpholine rings is 1. The molecule has 1 aliphatic heterocycles. The smallest absolute Gasteiger partial charge is 0.225 e. The first kappa shape index (κ1) is 12.5. The Labute approximate surface area is 92.8 Å². The Balaban J connectivity index is 2.80. The fourth-order valence-electron chi connectivity index (χ4n) is 2.31. The highest BCUT2D eigenvalue weighted by Gasteiger charge is 2.40. The molecule has 0 aromatic rings. The lowest BCUT2D eigenvalue weighted by atomic mass is 9.97. The largest absolute Gasteiger partial charge is 0.366 e. The van der Waals surface area contributed by atoms with E-state index in [4.69, 9.17) is 4.74 Å². The first-order valence-corrected chi connectivity index (χ1v) is 5.62. The van der Waals surface area contributed by atoms with Crippen molar-refractivity contribution in [1.29, 1.82) is 0 Å². The van der Waals surface area contributed by atoms with Crippen LogP contribution in [0.5, 0.6) is 0 Å². The summed E-state index contributed by atoms with van der Waals surface area (Å²) in [4.78, 5) is 13.9.